The Labute approximate surface area is 209 Å². The molecule has 2 saturated heterocycles. The van der Waals surface area contributed by atoms with Crippen LogP contribution < -0.4 is 10.2 Å². The highest BCUT2D eigenvalue weighted by Crippen LogP contribution is 2.32. The molecule has 7 nitrogen and oxygen atoms in total. The molecule has 1 N–H and O–H groups in total. The van der Waals surface area contributed by atoms with Gasteiger partial charge in [0.1, 0.15) is 4.90 Å². The van der Waals surface area contributed by atoms with Crippen molar-refractivity contribution < 1.29 is 17.9 Å². The maximum Gasteiger partial charge on any atom is 0.255 e. The molecule has 0 spiro atoms. The first-order valence-electron chi connectivity index (χ1n) is 12.8. The molecule has 0 atom stereocenters. The van der Waals surface area contributed by atoms with E-state index in [1.807, 2.05) is 44.2 Å². The van der Waals surface area contributed by atoms with Gasteiger partial charge >= 0.3 is 0 Å². The normalized spacial score (nSPS) is 17.5. The van der Waals surface area contributed by atoms with Crippen LogP contribution in [0.3, 0.4) is 0 Å². The first-order chi connectivity index (χ1) is 16.8. The third kappa shape index (κ3) is 6.42. The number of sulfonamides is 1. The van der Waals surface area contributed by atoms with Crippen LogP contribution in [0, 0.1) is 0 Å². The third-order valence-electron chi connectivity index (χ3n) is 6.62. The number of anilines is 2. The predicted molar refractivity (Wildman–Crippen MR) is 139 cm³/mol. The minimum Gasteiger partial charge on any atom is -0.374 e. The first kappa shape index (κ1) is 25.7. The number of ether oxygens (including phenoxy) is 1. The Kier molecular flexibility index (Phi) is 8.46. The van der Waals surface area contributed by atoms with Crippen molar-refractivity contribution in [1.82, 2.24) is 4.31 Å². The maximum absolute atomic E-state index is 13.7. The number of benzene rings is 2. The summed E-state index contributed by atoms with van der Waals surface area (Å²) in [6.45, 7) is 7.15. The summed E-state index contributed by atoms with van der Waals surface area (Å²) in [6, 6.07) is 12.6. The number of amides is 1. The van der Waals surface area contributed by atoms with Gasteiger partial charge < -0.3 is 15.0 Å². The van der Waals surface area contributed by atoms with Crippen LogP contribution in [0.15, 0.2) is 47.4 Å². The van der Waals surface area contributed by atoms with Crippen molar-refractivity contribution in [2.24, 2.45) is 0 Å². The van der Waals surface area contributed by atoms with Crippen molar-refractivity contribution in [3.05, 3.63) is 53.6 Å². The van der Waals surface area contributed by atoms with Crippen molar-refractivity contribution in [3.63, 3.8) is 0 Å². The first-order valence-corrected chi connectivity index (χ1v) is 14.2. The highest BCUT2D eigenvalue weighted by atomic mass is 32.2. The summed E-state index contributed by atoms with van der Waals surface area (Å²) in [6.07, 6.45) is 6.16. The van der Waals surface area contributed by atoms with Crippen molar-refractivity contribution in [1.29, 1.82) is 0 Å². The van der Waals surface area contributed by atoms with Gasteiger partial charge in [0.15, 0.2) is 0 Å². The van der Waals surface area contributed by atoms with Crippen molar-refractivity contribution in [2.45, 2.75) is 70.0 Å². The Morgan fingerprint density at radius 2 is 1.63 bits per heavy atom. The highest BCUT2D eigenvalue weighted by Gasteiger charge is 2.31. The molecule has 0 saturated carbocycles. The van der Waals surface area contributed by atoms with Crippen LogP contribution in [0.4, 0.5) is 11.4 Å². The van der Waals surface area contributed by atoms with E-state index < -0.39 is 10.0 Å². The van der Waals surface area contributed by atoms with Gasteiger partial charge in [0.2, 0.25) is 10.0 Å². The highest BCUT2D eigenvalue weighted by molar-refractivity contribution is 7.89. The van der Waals surface area contributed by atoms with Gasteiger partial charge in [-0.2, -0.15) is 4.31 Å². The minimum absolute atomic E-state index is 0.118. The monoisotopic (exact) mass is 499 g/mol. The van der Waals surface area contributed by atoms with Crippen LogP contribution in [-0.2, 0) is 21.4 Å². The summed E-state index contributed by atoms with van der Waals surface area (Å²) in [5.41, 5.74) is 2.66. The minimum atomic E-state index is -3.70. The fourth-order valence-electron chi connectivity index (χ4n) is 4.71. The fourth-order valence-corrected chi connectivity index (χ4v) is 6.46. The lowest BCUT2D eigenvalue weighted by Crippen LogP contribution is -2.37. The second-order valence-electron chi connectivity index (χ2n) is 9.71. The molecule has 2 aromatic rings. The number of piperidine rings is 2. The van der Waals surface area contributed by atoms with Crippen LogP contribution in [-0.4, -0.2) is 50.9 Å². The average Bonchev–Trinajstić information content (AvgIpc) is 2.88. The smallest absolute Gasteiger partial charge is 0.255 e. The van der Waals surface area contributed by atoms with E-state index in [0.29, 0.717) is 36.6 Å². The van der Waals surface area contributed by atoms with Gasteiger partial charge in [-0.1, -0.05) is 18.6 Å². The molecule has 2 fully saturated rings. The van der Waals surface area contributed by atoms with E-state index in [0.717, 1.165) is 57.2 Å². The van der Waals surface area contributed by atoms with E-state index >= 15 is 0 Å². The summed E-state index contributed by atoms with van der Waals surface area (Å²) in [5, 5.41) is 2.93. The molecule has 0 unspecified atom stereocenters. The summed E-state index contributed by atoms with van der Waals surface area (Å²) >= 11 is 0. The van der Waals surface area contributed by atoms with Crippen LogP contribution in [0.1, 0.15) is 68.3 Å². The number of hydrogen-bond donors (Lipinski definition) is 1. The van der Waals surface area contributed by atoms with Gasteiger partial charge in [0.25, 0.3) is 5.91 Å². The molecule has 35 heavy (non-hydrogen) atoms. The standard InChI is InChI=1S/C27H37N3O4S/c1-21(2)34-20-22-10-9-11-24(18-22)28-27(31)23-12-13-25(29-14-5-3-6-15-29)26(19-23)35(32,33)30-16-7-4-8-17-30/h9-13,18-19,21H,3-8,14-17,20H2,1-2H3,(H,28,31). The number of rotatable bonds is 8. The largest absolute Gasteiger partial charge is 0.374 e. The van der Waals surface area contributed by atoms with Crippen molar-refractivity contribution in [2.75, 3.05) is 36.4 Å². The Balaban J connectivity index is 1.61. The SMILES string of the molecule is CC(C)OCc1cccc(NC(=O)c2ccc(N3CCCCC3)c(S(=O)(=O)N3CCCCC3)c2)c1. The number of carbonyl (C=O) groups excluding carboxylic acids is 1. The lowest BCUT2D eigenvalue weighted by Gasteiger charge is -2.33. The Bertz CT molecular complexity index is 1120. The number of nitrogens with one attached hydrogen (secondary N) is 1. The zero-order valence-corrected chi connectivity index (χ0v) is 21.6. The zero-order valence-electron chi connectivity index (χ0n) is 20.8. The molecule has 8 heteroatoms. The van der Waals surface area contributed by atoms with Gasteiger partial charge in [0, 0.05) is 37.4 Å². The van der Waals surface area contributed by atoms with Gasteiger partial charge in [-0.15, -0.1) is 0 Å². The predicted octanol–water partition coefficient (Wildman–Crippen LogP) is 5.03. The van der Waals surface area contributed by atoms with E-state index in [4.69, 9.17) is 4.74 Å². The third-order valence-corrected chi connectivity index (χ3v) is 8.55. The van der Waals surface area contributed by atoms with E-state index in [1.165, 1.54) is 0 Å². The molecular weight excluding hydrogens is 462 g/mol. The molecule has 0 radical (unpaired) electrons. The summed E-state index contributed by atoms with van der Waals surface area (Å²) in [7, 11) is -3.70. The quantitative estimate of drug-likeness (QED) is 0.551. The lowest BCUT2D eigenvalue weighted by molar-refractivity contribution is 0.0657. The van der Waals surface area contributed by atoms with E-state index in [9.17, 15) is 13.2 Å². The molecule has 1 amide bonds. The molecule has 4 rings (SSSR count). The number of carbonyl (C=O) groups is 1. The van der Waals surface area contributed by atoms with Gasteiger partial charge in [-0.3, -0.25) is 4.79 Å². The summed E-state index contributed by atoms with van der Waals surface area (Å²) in [5.74, 6) is -0.327. The van der Waals surface area contributed by atoms with E-state index in [-0.39, 0.29) is 16.9 Å². The fraction of sp³-hybridized carbons (Fsp3) is 0.519. The number of hydrogen-bond acceptors (Lipinski definition) is 5. The lowest BCUT2D eigenvalue weighted by atomic mass is 10.1. The summed E-state index contributed by atoms with van der Waals surface area (Å²) < 4.78 is 34.7. The van der Waals surface area contributed by atoms with Crippen LogP contribution in [0.25, 0.3) is 0 Å². The van der Waals surface area contributed by atoms with Gasteiger partial charge in [-0.05, 0) is 81.8 Å². The van der Waals surface area contributed by atoms with Crippen LogP contribution >= 0.6 is 0 Å². The Morgan fingerprint density at radius 1 is 0.943 bits per heavy atom. The average molecular weight is 500 g/mol. The summed E-state index contributed by atoms with van der Waals surface area (Å²) in [4.78, 5) is 15.6. The zero-order chi connectivity index (χ0) is 24.8. The number of nitrogens with zero attached hydrogens (tertiary/aromatic N) is 2. The second-order valence-corrected chi connectivity index (χ2v) is 11.6. The topological polar surface area (TPSA) is 79.0 Å². The molecular formula is C27H37N3O4S. The van der Waals surface area contributed by atoms with Crippen LogP contribution in [0.5, 0.6) is 0 Å². The van der Waals surface area contributed by atoms with E-state index in [2.05, 4.69) is 10.2 Å². The molecule has 190 valence electrons. The molecule has 2 aliphatic rings. The van der Waals surface area contributed by atoms with Crippen molar-refractivity contribution in [3.8, 4) is 0 Å². The molecule has 0 aliphatic carbocycles. The van der Waals surface area contributed by atoms with Crippen LogP contribution in [0.2, 0.25) is 0 Å². The van der Waals surface area contributed by atoms with Crippen molar-refractivity contribution >= 4 is 27.3 Å². The Hall–Kier alpha value is -2.42. The van der Waals surface area contributed by atoms with E-state index in [1.54, 1.807) is 16.4 Å². The molecule has 2 aliphatic heterocycles. The van der Waals surface area contributed by atoms with Gasteiger partial charge in [0.05, 0.1) is 18.4 Å². The second kappa shape index (κ2) is 11.5. The molecule has 2 aromatic carbocycles. The maximum atomic E-state index is 13.7. The Morgan fingerprint density at radius 3 is 2.31 bits per heavy atom. The molecule has 0 bridgehead atoms. The molecule has 2 heterocycles. The van der Waals surface area contributed by atoms with Gasteiger partial charge in [-0.25, -0.2) is 8.42 Å². The molecule has 0 aromatic heterocycles.